The number of ketones is 1. The van der Waals surface area contributed by atoms with Gasteiger partial charge in [0.1, 0.15) is 6.04 Å². The van der Waals surface area contributed by atoms with Crippen LogP contribution in [0.5, 0.6) is 0 Å². The van der Waals surface area contributed by atoms with Crippen molar-refractivity contribution >= 4 is 45.4 Å². The van der Waals surface area contributed by atoms with Crippen LogP contribution in [0.25, 0.3) is 10.2 Å². The highest BCUT2D eigenvalue weighted by Crippen LogP contribution is 2.28. The Bertz CT molecular complexity index is 1250. The van der Waals surface area contributed by atoms with Gasteiger partial charge in [0.05, 0.1) is 22.5 Å². The van der Waals surface area contributed by atoms with Gasteiger partial charge in [0.25, 0.3) is 0 Å². The topological polar surface area (TPSA) is 127 Å². The molecule has 0 radical (unpaired) electrons. The van der Waals surface area contributed by atoms with E-state index in [4.69, 9.17) is 5.84 Å². The lowest BCUT2D eigenvalue weighted by molar-refractivity contribution is -0.128. The summed E-state index contributed by atoms with van der Waals surface area (Å²) >= 11 is 1.31. The summed E-state index contributed by atoms with van der Waals surface area (Å²) in [6.07, 6.45) is 7.95. The third-order valence-corrected chi connectivity index (χ3v) is 7.79. The van der Waals surface area contributed by atoms with Crippen LogP contribution in [0, 0.1) is 5.92 Å². The Kier molecular flexibility index (Phi) is 9.00. The van der Waals surface area contributed by atoms with Crippen molar-refractivity contribution in [3.05, 3.63) is 64.7 Å². The molecule has 1 unspecified atom stereocenters. The van der Waals surface area contributed by atoms with Crippen molar-refractivity contribution in [3.63, 3.8) is 0 Å². The molecule has 1 aromatic heterocycles. The summed E-state index contributed by atoms with van der Waals surface area (Å²) in [5, 5.41) is 9.70. The lowest BCUT2D eigenvalue weighted by atomic mass is 9.84. The maximum absolute atomic E-state index is 13.7. The SMILES string of the molecule is CC(=O)N[C@@H](CC1CCCCC1)C(=O)NC(Cc1cccc(C=NN)c1)C(=O)c1nc2ccccc2s1. The Hall–Kier alpha value is -3.59. The zero-order valence-corrected chi connectivity index (χ0v) is 21.8. The molecule has 1 aliphatic carbocycles. The van der Waals surface area contributed by atoms with Gasteiger partial charge in [-0.05, 0) is 35.6 Å². The van der Waals surface area contributed by atoms with Crippen molar-refractivity contribution in [3.8, 4) is 0 Å². The molecule has 4 rings (SSSR count). The minimum Gasteiger partial charge on any atom is -0.345 e. The number of rotatable bonds is 10. The van der Waals surface area contributed by atoms with Crippen molar-refractivity contribution in [2.45, 2.75) is 64.0 Å². The molecule has 2 aromatic carbocycles. The first-order valence-electron chi connectivity index (χ1n) is 12.7. The molecule has 37 heavy (non-hydrogen) atoms. The van der Waals surface area contributed by atoms with Crippen LogP contribution in [0.1, 0.15) is 66.4 Å². The summed E-state index contributed by atoms with van der Waals surface area (Å²) in [4.78, 5) is 43.7. The number of thiazole rings is 1. The number of hydrogen-bond acceptors (Lipinski definition) is 7. The molecule has 0 spiro atoms. The standard InChI is InChI=1S/C28H33N5O3S/c1-18(34)31-24(15-19-8-3-2-4-9-19)27(36)32-23(16-20-10-7-11-21(14-20)17-30-29)26(35)28-33-22-12-5-6-13-25(22)37-28/h5-7,10-14,17,19,23-24H,2-4,8-9,15-16,29H2,1H3,(H,31,34)(H,32,36)/t23?,24-/m0/s1. The first-order chi connectivity index (χ1) is 17.9. The number of aromatic nitrogens is 1. The highest BCUT2D eigenvalue weighted by molar-refractivity contribution is 7.20. The molecule has 1 saturated carbocycles. The summed E-state index contributed by atoms with van der Waals surface area (Å²) in [6, 6.07) is 13.5. The van der Waals surface area contributed by atoms with Gasteiger partial charge in [0, 0.05) is 13.3 Å². The molecular weight excluding hydrogens is 486 g/mol. The number of benzene rings is 2. The minimum atomic E-state index is -0.847. The molecule has 1 fully saturated rings. The van der Waals surface area contributed by atoms with Gasteiger partial charge in [-0.3, -0.25) is 14.4 Å². The van der Waals surface area contributed by atoms with Crippen LogP contribution in [0.15, 0.2) is 53.6 Å². The third kappa shape index (κ3) is 7.22. The Balaban J connectivity index is 1.59. The molecule has 8 nitrogen and oxygen atoms in total. The third-order valence-electron chi connectivity index (χ3n) is 6.74. The van der Waals surface area contributed by atoms with Crippen LogP contribution < -0.4 is 16.5 Å². The molecule has 1 aliphatic rings. The number of nitrogens with two attached hydrogens (primary N) is 1. The van der Waals surface area contributed by atoms with Crippen LogP contribution >= 0.6 is 11.3 Å². The largest absolute Gasteiger partial charge is 0.345 e. The number of Topliss-reactive ketones (excluding diaryl/α,β-unsaturated/α-hetero) is 1. The molecule has 2 amide bonds. The van der Waals surface area contributed by atoms with Crippen LogP contribution in [-0.2, 0) is 16.0 Å². The zero-order chi connectivity index (χ0) is 26.2. The fraction of sp³-hybridized carbons (Fsp3) is 0.393. The summed E-state index contributed by atoms with van der Waals surface area (Å²) in [5.74, 6) is 4.81. The average Bonchev–Trinajstić information content (AvgIpc) is 3.33. The predicted molar refractivity (Wildman–Crippen MR) is 147 cm³/mol. The Labute approximate surface area is 220 Å². The lowest BCUT2D eigenvalue weighted by Gasteiger charge is -2.27. The first kappa shape index (κ1) is 26.5. The molecule has 9 heteroatoms. The summed E-state index contributed by atoms with van der Waals surface area (Å²) in [5.41, 5.74) is 2.39. The number of hydrazone groups is 1. The predicted octanol–water partition coefficient (Wildman–Crippen LogP) is 3.97. The van der Waals surface area contributed by atoms with Crippen LogP contribution in [0.2, 0.25) is 0 Å². The number of amides is 2. The fourth-order valence-corrected chi connectivity index (χ4v) is 5.92. The average molecular weight is 520 g/mol. The van der Waals surface area contributed by atoms with Gasteiger partial charge in [0.2, 0.25) is 17.6 Å². The van der Waals surface area contributed by atoms with Gasteiger partial charge in [-0.2, -0.15) is 5.10 Å². The highest BCUT2D eigenvalue weighted by atomic mass is 32.1. The van der Waals surface area contributed by atoms with E-state index in [9.17, 15) is 14.4 Å². The van der Waals surface area contributed by atoms with E-state index in [1.165, 1.54) is 30.9 Å². The fourth-order valence-electron chi connectivity index (χ4n) is 4.96. The molecule has 4 N–H and O–H groups in total. The van der Waals surface area contributed by atoms with Crippen molar-refractivity contribution in [2.24, 2.45) is 16.9 Å². The van der Waals surface area contributed by atoms with Gasteiger partial charge in [-0.25, -0.2) is 4.98 Å². The second-order valence-electron chi connectivity index (χ2n) is 9.63. The van der Waals surface area contributed by atoms with Crippen LogP contribution in [0.4, 0.5) is 0 Å². The molecule has 0 aliphatic heterocycles. The van der Waals surface area contributed by atoms with E-state index in [-0.39, 0.29) is 24.0 Å². The smallest absolute Gasteiger partial charge is 0.243 e. The number of carbonyl (C=O) groups excluding carboxylic acids is 3. The number of fused-ring (bicyclic) bond motifs is 1. The molecule has 0 bridgehead atoms. The molecule has 2 atom stereocenters. The highest BCUT2D eigenvalue weighted by Gasteiger charge is 2.30. The zero-order valence-electron chi connectivity index (χ0n) is 21.0. The number of nitrogens with one attached hydrogen (secondary N) is 2. The summed E-state index contributed by atoms with van der Waals surface area (Å²) in [6.45, 7) is 1.41. The Morgan fingerprint density at radius 1 is 1.08 bits per heavy atom. The van der Waals surface area contributed by atoms with Gasteiger partial charge in [-0.15, -0.1) is 11.3 Å². The van der Waals surface area contributed by atoms with E-state index in [1.54, 1.807) is 0 Å². The van der Waals surface area contributed by atoms with Crippen LogP contribution in [-0.4, -0.2) is 40.9 Å². The van der Waals surface area contributed by atoms with E-state index >= 15 is 0 Å². The second-order valence-corrected chi connectivity index (χ2v) is 10.7. The lowest BCUT2D eigenvalue weighted by Crippen LogP contribution is -2.52. The number of carbonyl (C=O) groups is 3. The van der Waals surface area contributed by atoms with E-state index < -0.39 is 12.1 Å². The molecule has 3 aromatic rings. The monoisotopic (exact) mass is 519 g/mol. The van der Waals surface area contributed by atoms with Gasteiger partial charge >= 0.3 is 0 Å². The molecule has 1 heterocycles. The van der Waals surface area contributed by atoms with E-state index in [1.807, 2.05) is 48.5 Å². The van der Waals surface area contributed by atoms with Crippen molar-refractivity contribution in [1.82, 2.24) is 15.6 Å². The van der Waals surface area contributed by atoms with Gasteiger partial charge in [-0.1, -0.05) is 68.5 Å². The molecule has 194 valence electrons. The van der Waals surface area contributed by atoms with E-state index in [0.29, 0.717) is 17.3 Å². The number of para-hydroxylation sites is 1. The minimum absolute atomic E-state index is 0.258. The molecule has 0 saturated heterocycles. The van der Waals surface area contributed by atoms with E-state index in [0.717, 1.165) is 47.0 Å². The quantitative estimate of drug-likeness (QED) is 0.162. The van der Waals surface area contributed by atoms with Gasteiger partial charge in [0.15, 0.2) is 5.01 Å². The molecular formula is C28H33N5O3S. The van der Waals surface area contributed by atoms with Crippen molar-refractivity contribution in [2.75, 3.05) is 0 Å². The Morgan fingerprint density at radius 3 is 2.59 bits per heavy atom. The van der Waals surface area contributed by atoms with Gasteiger partial charge < -0.3 is 16.5 Å². The summed E-state index contributed by atoms with van der Waals surface area (Å²) < 4.78 is 0.908. The van der Waals surface area contributed by atoms with Crippen LogP contribution in [0.3, 0.4) is 0 Å². The van der Waals surface area contributed by atoms with E-state index in [2.05, 4.69) is 20.7 Å². The maximum Gasteiger partial charge on any atom is 0.243 e. The van der Waals surface area contributed by atoms with Crippen molar-refractivity contribution < 1.29 is 14.4 Å². The first-order valence-corrected chi connectivity index (χ1v) is 13.5. The maximum atomic E-state index is 13.7. The summed E-state index contributed by atoms with van der Waals surface area (Å²) in [7, 11) is 0. The normalized spacial score (nSPS) is 15.9. The Morgan fingerprint density at radius 2 is 1.86 bits per heavy atom. The second kappa shape index (κ2) is 12.6. The van der Waals surface area contributed by atoms with Crippen molar-refractivity contribution in [1.29, 1.82) is 0 Å². The number of hydrogen-bond donors (Lipinski definition) is 3. The number of nitrogens with zero attached hydrogens (tertiary/aromatic N) is 2.